The molecule has 1 atom stereocenters. The summed E-state index contributed by atoms with van der Waals surface area (Å²) in [5, 5.41) is 3.28. The number of hydrogen-bond donors (Lipinski definition) is 2. The lowest BCUT2D eigenvalue weighted by Crippen LogP contribution is -2.47. The lowest BCUT2D eigenvalue weighted by Gasteiger charge is -2.26. The molecule has 0 aliphatic carbocycles. The normalized spacial score (nSPS) is 16.4. The topological polar surface area (TPSA) is 53.6 Å². The van der Waals surface area contributed by atoms with Gasteiger partial charge in [0.1, 0.15) is 0 Å². The van der Waals surface area contributed by atoms with Gasteiger partial charge in [-0.15, -0.1) is 0 Å². The molecule has 1 unspecified atom stereocenters. The smallest absolute Gasteiger partial charge is 0.350 e. The standard InChI is InChI=1S/C20H25N3O2/c1-2-23(18-12-13-21-15-18)20(24)22-25-19-10-8-17(9-11-19)14-16-6-4-3-5-7-16/h3-11,18,21H,2,12-15H2,1H3,(H,22,24). The number of hydrogen-bond acceptors (Lipinski definition) is 3. The first-order chi connectivity index (χ1) is 12.3. The molecule has 0 aromatic heterocycles. The molecule has 0 radical (unpaired) electrons. The van der Waals surface area contributed by atoms with E-state index in [9.17, 15) is 4.79 Å². The predicted molar refractivity (Wildman–Crippen MR) is 98.5 cm³/mol. The number of rotatable bonds is 6. The van der Waals surface area contributed by atoms with Crippen LogP contribution in [0.2, 0.25) is 0 Å². The highest BCUT2D eigenvalue weighted by Gasteiger charge is 2.25. The summed E-state index contributed by atoms with van der Waals surface area (Å²) >= 11 is 0. The van der Waals surface area contributed by atoms with Crippen LogP contribution >= 0.6 is 0 Å². The molecule has 2 aromatic rings. The van der Waals surface area contributed by atoms with Crippen LogP contribution in [0.15, 0.2) is 54.6 Å². The van der Waals surface area contributed by atoms with Gasteiger partial charge in [0.25, 0.3) is 0 Å². The average molecular weight is 339 g/mol. The zero-order valence-electron chi connectivity index (χ0n) is 14.6. The van der Waals surface area contributed by atoms with Crippen molar-refractivity contribution in [2.45, 2.75) is 25.8 Å². The number of amides is 2. The van der Waals surface area contributed by atoms with Crippen molar-refractivity contribution in [1.82, 2.24) is 15.7 Å². The predicted octanol–water partition coefficient (Wildman–Crippen LogP) is 2.96. The third kappa shape index (κ3) is 4.73. The highest BCUT2D eigenvalue weighted by Crippen LogP contribution is 2.15. The fraction of sp³-hybridized carbons (Fsp3) is 0.350. The second-order valence-electron chi connectivity index (χ2n) is 6.25. The van der Waals surface area contributed by atoms with Crippen LogP contribution in [0.25, 0.3) is 0 Å². The van der Waals surface area contributed by atoms with Gasteiger partial charge in [0.15, 0.2) is 5.75 Å². The molecule has 5 heteroatoms. The molecule has 1 aliphatic heterocycles. The van der Waals surface area contributed by atoms with E-state index in [-0.39, 0.29) is 12.1 Å². The van der Waals surface area contributed by atoms with Gasteiger partial charge >= 0.3 is 6.03 Å². The first-order valence-electron chi connectivity index (χ1n) is 8.83. The van der Waals surface area contributed by atoms with Gasteiger partial charge in [0.05, 0.1) is 0 Å². The summed E-state index contributed by atoms with van der Waals surface area (Å²) in [6, 6.07) is 18.2. The van der Waals surface area contributed by atoms with E-state index in [2.05, 4.69) is 22.9 Å². The van der Waals surface area contributed by atoms with Crippen molar-refractivity contribution >= 4 is 6.03 Å². The van der Waals surface area contributed by atoms with E-state index >= 15 is 0 Å². The number of urea groups is 1. The van der Waals surface area contributed by atoms with Crippen LogP contribution in [0.4, 0.5) is 4.79 Å². The van der Waals surface area contributed by atoms with Crippen LogP contribution in [0.3, 0.4) is 0 Å². The van der Waals surface area contributed by atoms with Gasteiger partial charge in [-0.3, -0.25) is 0 Å². The van der Waals surface area contributed by atoms with Gasteiger partial charge in [0, 0.05) is 19.1 Å². The Labute approximate surface area is 148 Å². The van der Waals surface area contributed by atoms with Crippen molar-refractivity contribution in [2.75, 3.05) is 19.6 Å². The summed E-state index contributed by atoms with van der Waals surface area (Å²) in [6.07, 6.45) is 1.86. The lowest BCUT2D eigenvalue weighted by molar-refractivity contribution is 0.132. The molecule has 3 rings (SSSR count). The van der Waals surface area contributed by atoms with E-state index in [4.69, 9.17) is 4.84 Å². The maximum absolute atomic E-state index is 12.3. The van der Waals surface area contributed by atoms with Crippen LogP contribution in [0.1, 0.15) is 24.5 Å². The van der Waals surface area contributed by atoms with Gasteiger partial charge in [-0.05, 0) is 49.6 Å². The number of hydroxylamine groups is 1. The summed E-state index contributed by atoms with van der Waals surface area (Å²) < 4.78 is 0. The van der Waals surface area contributed by atoms with Gasteiger partial charge in [-0.2, -0.15) is 5.48 Å². The van der Waals surface area contributed by atoms with E-state index in [0.29, 0.717) is 12.3 Å². The molecular formula is C20H25N3O2. The first-order valence-corrected chi connectivity index (χ1v) is 8.83. The fourth-order valence-corrected chi connectivity index (χ4v) is 3.14. The van der Waals surface area contributed by atoms with Crippen LogP contribution < -0.4 is 15.6 Å². The molecule has 1 aliphatic rings. The summed E-state index contributed by atoms with van der Waals surface area (Å²) in [5.41, 5.74) is 5.03. The number of carbonyl (C=O) groups excluding carboxylic acids is 1. The Morgan fingerprint density at radius 3 is 2.52 bits per heavy atom. The van der Waals surface area contributed by atoms with Crippen molar-refractivity contribution in [1.29, 1.82) is 0 Å². The third-order valence-electron chi connectivity index (χ3n) is 4.51. The largest absolute Gasteiger partial charge is 0.378 e. The Morgan fingerprint density at radius 2 is 1.88 bits per heavy atom. The highest BCUT2D eigenvalue weighted by atomic mass is 16.7. The van der Waals surface area contributed by atoms with Gasteiger partial charge in [-0.1, -0.05) is 42.5 Å². The Morgan fingerprint density at radius 1 is 1.16 bits per heavy atom. The SMILES string of the molecule is CCN(C(=O)NOc1ccc(Cc2ccccc2)cc1)C1CCNC1. The van der Waals surface area contributed by atoms with Gasteiger partial charge in [0.2, 0.25) is 0 Å². The Balaban J connectivity index is 1.52. The molecule has 1 heterocycles. The summed E-state index contributed by atoms with van der Waals surface area (Å²) in [4.78, 5) is 19.6. The maximum atomic E-state index is 12.3. The van der Waals surface area contributed by atoms with Gasteiger partial charge < -0.3 is 15.1 Å². The fourth-order valence-electron chi connectivity index (χ4n) is 3.14. The lowest BCUT2D eigenvalue weighted by atomic mass is 10.1. The molecule has 2 aromatic carbocycles. The van der Waals surface area contributed by atoms with Crippen molar-refractivity contribution in [3.05, 3.63) is 65.7 Å². The number of benzene rings is 2. The molecule has 0 saturated carbocycles. The van der Waals surface area contributed by atoms with Gasteiger partial charge in [-0.25, -0.2) is 4.79 Å². The van der Waals surface area contributed by atoms with Crippen LogP contribution in [-0.2, 0) is 6.42 Å². The van der Waals surface area contributed by atoms with E-state index in [1.807, 2.05) is 54.3 Å². The molecule has 132 valence electrons. The number of likely N-dealkylation sites (N-methyl/N-ethyl adjacent to an activating group) is 1. The van der Waals surface area contributed by atoms with E-state index in [1.54, 1.807) is 0 Å². The average Bonchev–Trinajstić information content (AvgIpc) is 3.17. The minimum absolute atomic E-state index is 0.190. The number of nitrogens with one attached hydrogen (secondary N) is 2. The summed E-state index contributed by atoms with van der Waals surface area (Å²) in [5.74, 6) is 0.630. The maximum Gasteiger partial charge on any atom is 0.350 e. The molecule has 1 fully saturated rings. The Bertz CT molecular complexity index is 667. The van der Waals surface area contributed by atoms with Crippen molar-refractivity contribution in [3.8, 4) is 5.75 Å². The van der Waals surface area contributed by atoms with E-state index < -0.39 is 0 Å². The monoisotopic (exact) mass is 339 g/mol. The van der Waals surface area contributed by atoms with Crippen molar-refractivity contribution in [3.63, 3.8) is 0 Å². The zero-order valence-corrected chi connectivity index (χ0v) is 14.6. The summed E-state index contributed by atoms with van der Waals surface area (Å²) in [6.45, 7) is 4.45. The van der Waals surface area contributed by atoms with E-state index in [0.717, 1.165) is 25.9 Å². The van der Waals surface area contributed by atoms with Crippen LogP contribution in [0, 0.1) is 0 Å². The zero-order chi connectivity index (χ0) is 17.5. The minimum Gasteiger partial charge on any atom is -0.378 e. The van der Waals surface area contributed by atoms with Crippen LogP contribution in [0.5, 0.6) is 5.75 Å². The second-order valence-corrected chi connectivity index (χ2v) is 6.25. The molecule has 5 nitrogen and oxygen atoms in total. The minimum atomic E-state index is -0.190. The number of carbonyl (C=O) groups is 1. The van der Waals surface area contributed by atoms with Crippen molar-refractivity contribution in [2.24, 2.45) is 0 Å². The second kappa shape index (κ2) is 8.53. The molecule has 25 heavy (non-hydrogen) atoms. The quantitative estimate of drug-likeness (QED) is 0.796. The first kappa shape index (κ1) is 17.3. The molecule has 1 saturated heterocycles. The number of nitrogens with zero attached hydrogens (tertiary/aromatic N) is 1. The Kier molecular flexibility index (Phi) is 5.90. The molecule has 2 N–H and O–H groups in total. The third-order valence-corrected chi connectivity index (χ3v) is 4.51. The van der Waals surface area contributed by atoms with E-state index in [1.165, 1.54) is 11.1 Å². The Hall–Kier alpha value is -2.53. The van der Waals surface area contributed by atoms with Crippen molar-refractivity contribution < 1.29 is 9.63 Å². The van der Waals surface area contributed by atoms with Crippen LogP contribution in [-0.4, -0.2) is 36.6 Å². The molecular weight excluding hydrogens is 314 g/mol. The highest BCUT2D eigenvalue weighted by molar-refractivity contribution is 5.73. The molecule has 2 amide bonds. The summed E-state index contributed by atoms with van der Waals surface area (Å²) in [7, 11) is 0. The molecule has 0 bridgehead atoms. The molecule has 0 spiro atoms.